The molecule has 0 aliphatic heterocycles. The van der Waals surface area contributed by atoms with Gasteiger partial charge in [0, 0.05) is 20.9 Å². The number of aryl methyl sites for hydroxylation is 1. The third-order valence-corrected chi connectivity index (χ3v) is 4.80. The first kappa shape index (κ1) is 17.8. The van der Waals surface area contributed by atoms with Crippen molar-refractivity contribution < 1.29 is 4.39 Å². The number of rotatable bonds is 4. The van der Waals surface area contributed by atoms with Crippen LogP contribution < -0.4 is 5.56 Å². The summed E-state index contributed by atoms with van der Waals surface area (Å²) in [6.45, 7) is 2.20. The van der Waals surface area contributed by atoms with Crippen molar-refractivity contribution in [2.24, 2.45) is 4.99 Å². The number of aromatic nitrogens is 2. The molecule has 25 heavy (non-hydrogen) atoms. The average Bonchev–Trinajstić information content (AvgIpc) is 2.84. The lowest BCUT2D eigenvalue weighted by Gasteiger charge is -2.04. The Morgan fingerprint density at radius 2 is 1.92 bits per heavy atom. The standard InChI is InChI=1S/C18H14Br2FN3O/c1-11-15(10-22-9-12-2-5-14(21)6-3-12)18(25)24(23-11)17-7-4-13(19)8-16(17)20/h2-8,10,23H,9H2,1H3. The molecule has 3 rings (SSSR count). The lowest BCUT2D eigenvalue weighted by molar-refractivity contribution is 0.627. The zero-order valence-electron chi connectivity index (χ0n) is 13.3. The summed E-state index contributed by atoms with van der Waals surface area (Å²) in [5.74, 6) is -0.280. The second-order valence-corrected chi connectivity index (χ2v) is 7.25. The van der Waals surface area contributed by atoms with Gasteiger partial charge in [0.05, 0.1) is 17.8 Å². The van der Waals surface area contributed by atoms with Crippen molar-refractivity contribution in [3.05, 3.63) is 84.4 Å². The Balaban J connectivity index is 1.88. The van der Waals surface area contributed by atoms with Gasteiger partial charge in [-0.1, -0.05) is 28.1 Å². The van der Waals surface area contributed by atoms with Gasteiger partial charge >= 0.3 is 0 Å². The maximum atomic E-state index is 12.9. The predicted molar refractivity (Wildman–Crippen MR) is 104 cm³/mol. The van der Waals surface area contributed by atoms with E-state index in [2.05, 4.69) is 42.0 Å². The van der Waals surface area contributed by atoms with Gasteiger partial charge in [-0.25, -0.2) is 9.07 Å². The summed E-state index contributed by atoms with van der Waals surface area (Å²) >= 11 is 6.86. The Kier molecular flexibility index (Phi) is 5.34. The molecule has 0 amide bonds. The van der Waals surface area contributed by atoms with Crippen molar-refractivity contribution in [1.29, 1.82) is 0 Å². The van der Waals surface area contributed by atoms with Crippen molar-refractivity contribution >= 4 is 38.1 Å². The van der Waals surface area contributed by atoms with E-state index in [9.17, 15) is 9.18 Å². The van der Waals surface area contributed by atoms with E-state index in [0.29, 0.717) is 12.1 Å². The number of benzene rings is 2. The normalized spacial score (nSPS) is 11.4. The highest BCUT2D eigenvalue weighted by Crippen LogP contribution is 2.24. The molecule has 128 valence electrons. The molecule has 4 nitrogen and oxygen atoms in total. The molecular weight excluding hydrogens is 453 g/mol. The van der Waals surface area contributed by atoms with Crippen molar-refractivity contribution in [3.8, 4) is 5.69 Å². The van der Waals surface area contributed by atoms with Crippen molar-refractivity contribution in [3.63, 3.8) is 0 Å². The van der Waals surface area contributed by atoms with Crippen LogP contribution in [0.15, 0.2) is 61.2 Å². The molecule has 2 aromatic carbocycles. The van der Waals surface area contributed by atoms with Crippen LogP contribution in [0, 0.1) is 12.7 Å². The highest BCUT2D eigenvalue weighted by molar-refractivity contribution is 9.11. The maximum absolute atomic E-state index is 12.9. The van der Waals surface area contributed by atoms with Gasteiger partial charge in [-0.05, 0) is 58.7 Å². The Hall–Kier alpha value is -1.99. The van der Waals surface area contributed by atoms with Crippen LogP contribution in [0.2, 0.25) is 0 Å². The van der Waals surface area contributed by atoms with Crippen LogP contribution in [0.25, 0.3) is 5.69 Å². The third-order valence-electron chi connectivity index (χ3n) is 3.68. The fourth-order valence-corrected chi connectivity index (χ4v) is 3.60. The van der Waals surface area contributed by atoms with Crippen LogP contribution in [0.1, 0.15) is 16.8 Å². The Morgan fingerprint density at radius 3 is 2.60 bits per heavy atom. The highest BCUT2D eigenvalue weighted by Gasteiger charge is 2.12. The summed E-state index contributed by atoms with van der Waals surface area (Å²) in [5, 5.41) is 3.06. The monoisotopic (exact) mass is 465 g/mol. The molecule has 7 heteroatoms. The second kappa shape index (κ2) is 7.49. The summed E-state index contributed by atoms with van der Waals surface area (Å²) in [6, 6.07) is 11.7. The van der Waals surface area contributed by atoms with Gasteiger partial charge in [0.1, 0.15) is 5.82 Å². The van der Waals surface area contributed by atoms with Gasteiger partial charge in [-0.2, -0.15) is 0 Å². The zero-order chi connectivity index (χ0) is 18.0. The number of hydrogen-bond acceptors (Lipinski definition) is 2. The van der Waals surface area contributed by atoms with E-state index in [4.69, 9.17) is 0 Å². The third kappa shape index (κ3) is 3.99. The molecule has 0 fully saturated rings. The molecule has 0 aliphatic rings. The molecule has 0 bridgehead atoms. The van der Waals surface area contributed by atoms with Gasteiger partial charge in [0.25, 0.3) is 5.56 Å². The van der Waals surface area contributed by atoms with Crippen LogP contribution in [0.4, 0.5) is 4.39 Å². The van der Waals surface area contributed by atoms with E-state index in [1.807, 2.05) is 25.1 Å². The Morgan fingerprint density at radius 1 is 1.20 bits per heavy atom. The average molecular weight is 467 g/mol. The summed E-state index contributed by atoms with van der Waals surface area (Å²) in [7, 11) is 0. The van der Waals surface area contributed by atoms with Crippen LogP contribution in [-0.4, -0.2) is 16.0 Å². The summed E-state index contributed by atoms with van der Waals surface area (Å²) in [5.41, 5.74) is 2.64. The molecule has 0 radical (unpaired) electrons. The van der Waals surface area contributed by atoms with Crippen LogP contribution in [0.3, 0.4) is 0 Å². The molecular formula is C18H14Br2FN3O. The highest BCUT2D eigenvalue weighted by atomic mass is 79.9. The molecule has 0 aliphatic carbocycles. The minimum atomic E-state index is -0.280. The molecule has 0 saturated carbocycles. The van der Waals surface area contributed by atoms with Crippen molar-refractivity contribution in [1.82, 2.24) is 9.78 Å². The molecule has 0 atom stereocenters. The van der Waals surface area contributed by atoms with Gasteiger partial charge in [0.15, 0.2) is 0 Å². The molecule has 3 aromatic rings. The fourth-order valence-electron chi connectivity index (χ4n) is 2.38. The molecule has 0 spiro atoms. The number of aliphatic imine (C=N–C) groups is 1. The quantitative estimate of drug-likeness (QED) is 0.554. The summed E-state index contributed by atoms with van der Waals surface area (Å²) in [6.07, 6.45) is 1.56. The second-order valence-electron chi connectivity index (χ2n) is 5.48. The summed E-state index contributed by atoms with van der Waals surface area (Å²) in [4.78, 5) is 17.0. The number of halogens is 3. The maximum Gasteiger partial charge on any atom is 0.280 e. The van der Waals surface area contributed by atoms with E-state index in [1.54, 1.807) is 18.3 Å². The van der Waals surface area contributed by atoms with Gasteiger partial charge < -0.3 is 0 Å². The van der Waals surface area contributed by atoms with Crippen molar-refractivity contribution in [2.75, 3.05) is 0 Å². The Bertz CT molecular complexity index is 991. The smallest absolute Gasteiger partial charge is 0.280 e. The van der Waals surface area contributed by atoms with E-state index in [-0.39, 0.29) is 11.4 Å². The largest absolute Gasteiger partial charge is 0.295 e. The van der Waals surface area contributed by atoms with Crippen LogP contribution in [-0.2, 0) is 6.54 Å². The fraction of sp³-hybridized carbons (Fsp3) is 0.111. The summed E-state index contributed by atoms with van der Waals surface area (Å²) < 4.78 is 16.1. The van der Waals surface area contributed by atoms with E-state index in [1.165, 1.54) is 16.8 Å². The van der Waals surface area contributed by atoms with E-state index >= 15 is 0 Å². The Labute approximate surface area is 160 Å². The first-order valence-electron chi connectivity index (χ1n) is 7.47. The van der Waals surface area contributed by atoms with Gasteiger partial charge in [-0.3, -0.25) is 14.9 Å². The first-order chi connectivity index (χ1) is 12.0. The number of H-pyrrole nitrogens is 1. The molecule has 0 unspecified atom stereocenters. The number of nitrogens with zero attached hydrogens (tertiary/aromatic N) is 2. The number of hydrogen-bond donors (Lipinski definition) is 1. The molecule has 1 N–H and O–H groups in total. The topological polar surface area (TPSA) is 50.1 Å². The molecule has 1 aromatic heterocycles. The van der Waals surface area contributed by atoms with E-state index in [0.717, 1.165) is 25.9 Å². The SMILES string of the molecule is Cc1[nH]n(-c2ccc(Br)cc2Br)c(=O)c1C=NCc1ccc(F)cc1. The minimum absolute atomic E-state index is 0.177. The lowest BCUT2D eigenvalue weighted by Crippen LogP contribution is -2.17. The number of aromatic amines is 1. The zero-order valence-corrected chi connectivity index (χ0v) is 16.4. The lowest BCUT2D eigenvalue weighted by atomic mass is 10.2. The van der Waals surface area contributed by atoms with Crippen molar-refractivity contribution in [2.45, 2.75) is 13.5 Å². The minimum Gasteiger partial charge on any atom is -0.295 e. The van der Waals surface area contributed by atoms with Gasteiger partial charge in [0.2, 0.25) is 0 Å². The van der Waals surface area contributed by atoms with Gasteiger partial charge in [-0.15, -0.1) is 0 Å². The molecule has 1 heterocycles. The van der Waals surface area contributed by atoms with Crippen LogP contribution >= 0.6 is 31.9 Å². The first-order valence-corrected chi connectivity index (χ1v) is 9.05. The van der Waals surface area contributed by atoms with Crippen LogP contribution in [0.5, 0.6) is 0 Å². The number of nitrogens with one attached hydrogen (secondary N) is 1. The molecule has 0 saturated heterocycles. The van der Waals surface area contributed by atoms with E-state index < -0.39 is 0 Å². The predicted octanol–water partition coefficient (Wildman–Crippen LogP) is 4.76.